The van der Waals surface area contributed by atoms with E-state index < -0.39 is 6.10 Å². The third-order valence-electron chi connectivity index (χ3n) is 4.43. The van der Waals surface area contributed by atoms with Crippen molar-refractivity contribution in [1.82, 2.24) is 5.32 Å². The molecule has 1 aromatic carbocycles. The van der Waals surface area contributed by atoms with E-state index in [9.17, 15) is 9.18 Å². The lowest BCUT2D eigenvalue weighted by Crippen LogP contribution is -2.40. The van der Waals surface area contributed by atoms with Gasteiger partial charge in [-0.2, -0.15) is 0 Å². The molecule has 1 saturated carbocycles. The Morgan fingerprint density at radius 2 is 2.24 bits per heavy atom. The summed E-state index contributed by atoms with van der Waals surface area (Å²) in [4.78, 5) is 12.2. The smallest absolute Gasteiger partial charge is 0.261 e. The third-order valence-corrected chi connectivity index (χ3v) is 4.43. The lowest BCUT2D eigenvalue weighted by atomic mass is 9.94. The first kappa shape index (κ1) is 14.4. The van der Waals surface area contributed by atoms with E-state index in [4.69, 9.17) is 4.74 Å². The van der Waals surface area contributed by atoms with Crippen LogP contribution >= 0.6 is 0 Å². The predicted octanol–water partition coefficient (Wildman–Crippen LogP) is 3.07. The van der Waals surface area contributed by atoms with Crippen LogP contribution < -0.4 is 10.1 Å². The van der Waals surface area contributed by atoms with Crippen LogP contribution in [0.1, 0.15) is 38.7 Å². The molecule has 0 bridgehead atoms. The Labute approximate surface area is 124 Å². The molecule has 114 valence electrons. The maximum atomic E-state index is 13.2. The fraction of sp³-hybridized carbons (Fsp3) is 0.588. The zero-order valence-electron chi connectivity index (χ0n) is 12.6. The van der Waals surface area contributed by atoms with Gasteiger partial charge < -0.3 is 10.1 Å². The second-order valence-corrected chi connectivity index (χ2v) is 6.88. The van der Waals surface area contributed by atoms with Gasteiger partial charge in [0.1, 0.15) is 11.6 Å². The second kappa shape index (κ2) is 5.32. The Hall–Kier alpha value is -1.58. The molecule has 0 radical (unpaired) electrons. The quantitative estimate of drug-likeness (QED) is 0.905. The molecule has 1 amide bonds. The van der Waals surface area contributed by atoms with Crippen LogP contribution in [0.15, 0.2) is 18.2 Å². The fourth-order valence-electron chi connectivity index (χ4n) is 3.25. The third kappa shape index (κ3) is 3.20. The summed E-state index contributed by atoms with van der Waals surface area (Å²) in [5.41, 5.74) is 1.08. The molecule has 1 atom stereocenters. The molecule has 0 unspecified atom stereocenters. The fourth-order valence-corrected chi connectivity index (χ4v) is 3.25. The topological polar surface area (TPSA) is 38.3 Å². The number of rotatable bonds is 5. The number of ether oxygens (including phenoxy) is 1. The first-order valence-corrected chi connectivity index (χ1v) is 7.70. The lowest BCUT2D eigenvalue weighted by molar-refractivity contribution is -0.127. The van der Waals surface area contributed by atoms with Crippen molar-refractivity contribution in [1.29, 1.82) is 0 Å². The van der Waals surface area contributed by atoms with Crippen molar-refractivity contribution in [2.24, 2.45) is 11.3 Å². The minimum Gasteiger partial charge on any atom is -0.480 e. The highest BCUT2D eigenvalue weighted by molar-refractivity contribution is 5.82. The van der Waals surface area contributed by atoms with Gasteiger partial charge in [0.25, 0.3) is 5.91 Å². The minimum absolute atomic E-state index is 0.0818. The molecule has 0 saturated heterocycles. The minimum atomic E-state index is -0.517. The van der Waals surface area contributed by atoms with Crippen molar-refractivity contribution in [3.63, 3.8) is 0 Å². The SMILES string of the molecule is CC(C)CC1(CNC(=O)[C@H]2Cc3cc(F)ccc3O2)CC1. The zero-order chi connectivity index (χ0) is 15.0. The monoisotopic (exact) mass is 291 g/mol. The Balaban J connectivity index is 1.54. The largest absolute Gasteiger partial charge is 0.480 e. The summed E-state index contributed by atoms with van der Waals surface area (Å²) in [6.07, 6.45) is 3.49. The van der Waals surface area contributed by atoms with E-state index in [1.165, 1.54) is 25.0 Å². The molecule has 3 nitrogen and oxygen atoms in total. The van der Waals surface area contributed by atoms with Crippen LogP contribution in [0.5, 0.6) is 5.75 Å². The predicted molar refractivity (Wildman–Crippen MR) is 78.7 cm³/mol. The molecule has 1 aliphatic heterocycles. The number of nitrogens with one attached hydrogen (secondary N) is 1. The van der Waals surface area contributed by atoms with Gasteiger partial charge in [-0.25, -0.2) is 4.39 Å². The van der Waals surface area contributed by atoms with Crippen molar-refractivity contribution in [3.8, 4) is 5.75 Å². The number of benzene rings is 1. The van der Waals surface area contributed by atoms with E-state index in [1.54, 1.807) is 6.07 Å². The van der Waals surface area contributed by atoms with Gasteiger partial charge >= 0.3 is 0 Å². The zero-order valence-corrected chi connectivity index (χ0v) is 12.6. The summed E-state index contributed by atoms with van der Waals surface area (Å²) >= 11 is 0. The average Bonchev–Trinajstić information content (AvgIpc) is 3.03. The van der Waals surface area contributed by atoms with E-state index in [0.29, 0.717) is 23.5 Å². The highest BCUT2D eigenvalue weighted by atomic mass is 19.1. The maximum Gasteiger partial charge on any atom is 0.261 e. The van der Waals surface area contributed by atoms with Crippen LogP contribution in [0.3, 0.4) is 0 Å². The molecular formula is C17H22FNO2. The van der Waals surface area contributed by atoms with Gasteiger partial charge in [-0.05, 0) is 48.8 Å². The normalized spacial score (nSPS) is 21.8. The van der Waals surface area contributed by atoms with Gasteiger partial charge in [0.2, 0.25) is 0 Å². The molecule has 3 rings (SSSR count). The van der Waals surface area contributed by atoms with Gasteiger partial charge in [-0.15, -0.1) is 0 Å². The Bertz CT molecular complexity index is 552. The summed E-state index contributed by atoms with van der Waals surface area (Å²) in [5.74, 6) is 0.910. The molecule has 1 aliphatic carbocycles. The van der Waals surface area contributed by atoms with Gasteiger partial charge in [0.15, 0.2) is 6.10 Å². The molecule has 21 heavy (non-hydrogen) atoms. The molecule has 1 fully saturated rings. The molecule has 0 spiro atoms. The highest BCUT2D eigenvalue weighted by Gasteiger charge is 2.43. The number of carbonyl (C=O) groups excluding carboxylic acids is 1. The van der Waals surface area contributed by atoms with Crippen molar-refractivity contribution < 1.29 is 13.9 Å². The van der Waals surface area contributed by atoms with E-state index in [1.807, 2.05) is 0 Å². The van der Waals surface area contributed by atoms with Crippen LogP contribution in [0.25, 0.3) is 0 Å². The number of amides is 1. The average molecular weight is 291 g/mol. The van der Waals surface area contributed by atoms with Crippen LogP contribution in [0.4, 0.5) is 4.39 Å². The molecule has 1 heterocycles. The van der Waals surface area contributed by atoms with Gasteiger partial charge in [0.05, 0.1) is 0 Å². The van der Waals surface area contributed by atoms with Crippen molar-refractivity contribution in [2.45, 2.75) is 45.6 Å². The molecule has 4 heteroatoms. The Kier molecular flexibility index (Phi) is 3.64. The summed E-state index contributed by atoms with van der Waals surface area (Å²) in [5, 5.41) is 3.02. The van der Waals surface area contributed by atoms with Crippen LogP contribution in [-0.4, -0.2) is 18.6 Å². The molecule has 1 N–H and O–H groups in total. The van der Waals surface area contributed by atoms with Crippen LogP contribution in [0, 0.1) is 17.2 Å². The number of halogens is 1. The summed E-state index contributed by atoms with van der Waals surface area (Å²) in [6, 6.07) is 4.41. The van der Waals surface area contributed by atoms with E-state index in [-0.39, 0.29) is 11.7 Å². The second-order valence-electron chi connectivity index (χ2n) is 6.88. The highest BCUT2D eigenvalue weighted by Crippen LogP contribution is 2.50. The van der Waals surface area contributed by atoms with Crippen LogP contribution in [-0.2, 0) is 11.2 Å². The molecular weight excluding hydrogens is 269 g/mol. The molecule has 2 aliphatic rings. The van der Waals surface area contributed by atoms with Crippen molar-refractivity contribution in [3.05, 3.63) is 29.6 Å². The Morgan fingerprint density at radius 3 is 2.90 bits per heavy atom. The summed E-state index contributed by atoms with van der Waals surface area (Å²) in [7, 11) is 0. The van der Waals surface area contributed by atoms with Crippen molar-refractivity contribution >= 4 is 5.91 Å². The van der Waals surface area contributed by atoms with E-state index in [0.717, 1.165) is 18.5 Å². The van der Waals surface area contributed by atoms with E-state index in [2.05, 4.69) is 19.2 Å². The molecule has 1 aromatic rings. The summed E-state index contributed by atoms with van der Waals surface area (Å²) < 4.78 is 18.8. The standard InChI is InChI=1S/C17H22FNO2/c1-11(2)9-17(5-6-17)10-19-16(20)15-8-12-7-13(18)3-4-14(12)21-15/h3-4,7,11,15H,5-6,8-10H2,1-2H3,(H,19,20)/t15-/m1/s1. The number of hydrogen-bond donors (Lipinski definition) is 1. The van der Waals surface area contributed by atoms with Crippen LogP contribution in [0.2, 0.25) is 0 Å². The maximum absolute atomic E-state index is 13.2. The Morgan fingerprint density at radius 1 is 1.48 bits per heavy atom. The number of fused-ring (bicyclic) bond motifs is 1. The first-order valence-electron chi connectivity index (χ1n) is 7.70. The molecule has 0 aromatic heterocycles. The summed E-state index contributed by atoms with van der Waals surface area (Å²) in [6.45, 7) is 5.16. The number of carbonyl (C=O) groups is 1. The van der Waals surface area contributed by atoms with Gasteiger partial charge in [-0.3, -0.25) is 4.79 Å². The van der Waals surface area contributed by atoms with Gasteiger partial charge in [-0.1, -0.05) is 13.8 Å². The van der Waals surface area contributed by atoms with E-state index >= 15 is 0 Å². The lowest BCUT2D eigenvalue weighted by Gasteiger charge is -2.19. The number of hydrogen-bond acceptors (Lipinski definition) is 2. The first-order chi connectivity index (χ1) is 9.97. The van der Waals surface area contributed by atoms with Gasteiger partial charge in [0, 0.05) is 18.5 Å². The van der Waals surface area contributed by atoms with Crippen molar-refractivity contribution in [2.75, 3.05) is 6.54 Å².